The first-order valence-corrected chi connectivity index (χ1v) is 9.99. The lowest BCUT2D eigenvalue weighted by molar-refractivity contribution is -0.133. The molecule has 25 heavy (non-hydrogen) atoms. The van der Waals surface area contributed by atoms with Crippen LogP contribution in [0.25, 0.3) is 0 Å². The van der Waals surface area contributed by atoms with Gasteiger partial charge in [0.2, 0.25) is 5.91 Å². The van der Waals surface area contributed by atoms with E-state index in [1.807, 2.05) is 22.4 Å². The molecule has 1 aliphatic rings. The van der Waals surface area contributed by atoms with E-state index < -0.39 is 6.03 Å². The highest BCUT2D eigenvalue weighted by atomic mass is 32.1. The second-order valence-corrected chi connectivity index (χ2v) is 8.03. The van der Waals surface area contributed by atoms with E-state index in [4.69, 9.17) is 5.73 Å². The molecule has 0 aliphatic carbocycles. The fraction of sp³-hybridized carbons (Fsp3) is 0.412. The topological polar surface area (TPSA) is 78.7 Å². The number of nitrogens with zero attached hydrogens (tertiary/aromatic N) is 2. The van der Waals surface area contributed by atoms with Gasteiger partial charge in [-0.05, 0) is 22.9 Å². The lowest BCUT2D eigenvalue weighted by Crippen LogP contribution is -2.49. The molecule has 0 saturated carbocycles. The van der Waals surface area contributed by atoms with E-state index in [0.717, 1.165) is 37.6 Å². The minimum Gasteiger partial charge on any atom is -0.352 e. The number of primary amides is 1. The molecule has 1 saturated heterocycles. The SMILES string of the molecule is NC(=O)NC(CC(=O)N1CCN(Cc2cccs2)CC1)c1cccs1. The molecule has 0 radical (unpaired) electrons. The summed E-state index contributed by atoms with van der Waals surface area (Å²) in [5, 5.41) is 6.70. The average molecular weight is 379 g/mol. The Morgan fingerprint density at radius 2 is 1.84 bits per heavy atom. The van der Waals surface area contributed by atoms with E-state index in [-0.39, 0.29) is 18.4 Å². The zero-order valence-electron chi connectivity index (χ0n) is 13.9. The van der Waals surface area contributed by atoms with Gasteiger partial charge in [-0.25, -0.2) is 4.79 Å². The zero-order chi connectivity index (χ0) is 17.6. The van der Waals surface area contributed by atoms with Crippen molar-refractivity contribution in [2.45, 2.75) is 19.0 Å². The molecular formula is C17H22N4O2S2. The van der Waals surface area contributed by atoms with Gasteiger partial charge in [0.15, 0.2) is 0 Å². The number of rotatable bonds is 6. The number of carbonyl (C=O) groups is 2. The highest BCUT2D eigenvalue weighted by molar-refractivity contribution is 7.10. The molecule has 1 atom stereocenters. The van der Waals surface area contributed by atoms with Crippen LogP contribution < -0.4 is 11.1 Å². The monoisotopic (exact) mass is 378 g/mol. The van der Waals surface area contributed by atoms with Gasteiger partial charge in [0.05, 0.1) is 12.5 Å². The van der Waals surface area contributed by atoms with Gasteiger partial charge in [-0.3, -0.25) is 9.69 Å². The molecule has 0 spiro atoms. The molecule has 8 heteroatoms. The fourth-order valence-electron chi connectivity index (χ4n) is 2.97. The van der Waals surface area contributed by atoms with Crippen molar-refractivity contribution in [3.63, 3.8) is 0 Å². The normalized spacial score (nSPS) is 16.6. The van der Waals surface area contributed by atoms with Crippen LogP contribution in [-0.4, -0.2) is 47.9 Å². The molecule has 1 unspecified atom stereocenters. The molecule has 3 rings (SSSR count). The van der Waals surface area contributed by atoms with Gasteiger partial charge < -0.3 is 16.0 Å². The molecule has 0 aromatic carbocycles. The first-order chi connectivity index (χ1) is 12.1. The van der Waals surface area contributed by atoms with E-state index in [0.29, 0.717) is 0 Å². The van der Waals surface area contributed by atoms with Crippen molar-refractivity contribution in [2.75, 3.05) is 26.2 Å². The smallest absolute Gasteiger partial charge is 0.312 e. The van der Waals surface area contributed by atoms with E-state index >= 15 is 0 Å². The van der Waals surface area contributed by atoms with Crippen LogP contribution in [0.2, 0.25) is 0 Å². The van der Waals surface area contributed by atoms with Crippen molar-refractivity contribution in [3.8, 4) is 0 Å². The Morgan fingerprint density at radius 1 is 1.12 bits per heavy atom. The predicted octanol–water partition coefficient (Wildman–Crippen LogP) is 2.25. The number of hydrogen-bond donors (Lipinski definition) is 2. The molecule has 2 aromatic rings. The van der Waals surface area contributed by atoms with Gasteiger partial charge in [-0.2, -0.15) is 0 Å². The third-order valence-corrected chi connectivity index (χ3v) is 6.11. The van der Waals surface area contributed by atoms with Gasteiger partial charge in [-0.1, -0.05) is 12.1 Å². The quantitative estimate of drug-likeness (QED) is 0.809. The summed E-state index contributed by atoms with van der Waals surface area (Å²) in [6, 6.07) is 7.07. The van der Waals surface area contributed by atoms with Crippen molar-refractivity contribution in [1.82, 2.24) is 15.1 Å². The van der Waals surface area contributed by atoms with Crippen LogP contribution in [-0.2, 0) is 11.3 Å². The Balaban J connectivity index is 1.52. The molecule has 1 fully saturated rings. The highest BCUT2D eigenvalue weighted by Crippen LogP contribution is 2.23. The summed E-state index contributed by atoms with van der Waals surface area (Å²) in [6.45, 7) is 4.13. The number of piperazine rings is 1. The third-order valence-electron chi connectivity index (χ3n) is 4.27. The van der Waals surface area contributed by atoms with E-state index in [9.17, 15) is 9.59 Å². The van der Waals surface area contributed by atoms with Crippen LogP contribution in [0, 0.1) is 0 Å². The molecule has 3 heterocycles. The summed E-state index contributed by atoms with van der Waals surface area (Å²) in [5.41, 5.74) is 5.26. The van der Waals surface area contributed by atoms with Crippen LogP contribution in [0.4, 0.5) is 4.79 Å². The number of nitrogens with two attached hydrogens (primary N) is 1. The minimum absolute atomic E-state index is 0.0583. The maximum Gasteiger partial charge on any atom is 0.312 e. The van der Waals surface area contributed by atoms with Gasteiger partial charge >= 0.3 is 6.03 Å². The molecule has 1 aliphatic heterocycles. The van der Waals surface area contributed by atoms with Gasteiger partial charge in [0.1, 0.15) is 0 Å². The fourth-order valence-corrected chi connectivity index (χ4v) is 4.49. The first-order valence-electron chi connectivity index (χ1n) is 8.23. The van der Waals surface area contributed by atoms with Gasteiger partial charge in [0.25, 0.3) is 0 Å². The lowest BCUT2D eigenvalue weighted by atomic mass is 10.1. The summed E-state index contributed by atoms with van der Waals surface area (Å²) in [5.74, 6) is 0.0583. The van der Waals surface area contributed by atoms with E-state index in [1.54, 1.807) is 11.3 Å². The number of thiophene rings is 2. The molecule has 3 amide bonds. The first kappa shape index (κ1) is 17.9. The summed E-state index contributed by atoms with van der Waals surface area (Å²) < 4.78 is 0. The lowest BCUT2D eigenvalue weighted by Gasteiger charge is -2.35. The van der Waals surface area contributed by atoms with Gasteiger partial charge in [0, 0.05) is 42.5 Å². The largest absolute Gasteiger partial charge is 0.352 e. The number of amides is 3. The Labute approximate surface area is 155 Å². The van der Waals surface area contributed by atoms with E-state index in [1.165, 1.54) is 16.2 Å². The van der Waals surface area contributed by atoms with Crippen LogP contribution >= 0.6 is 22.7 Å². The van der Waals surface area contributed by atoms with Crippen LogP contribution in [0.15, 0.2) is 35.0 Å². The summed E-state index contributed by atoms with van der Waals surface area (Å²) in [4.78, 5) is 30.4. The molecule has 2 aromatic heterocycles. The molecule has 134 valence electrons. The Bertz CT molecular complexity index is 680. The maximum atomic E-state index is 12.6. The van der Waals surface area contributed by atoms with Crippen LogP contribution in [0.5, 0.6) is 0 Å². The van der Waals surface area contributed by atoms with Crippen molar-refractivity contribution < 1.29 is 9.59 Å². The van der Waals surface area contributed by atoms with Crippen molar-refractivity contribution in [1.29, 1.82) is 0 Å². The molecule has 6 nitrogen and oxygen atoms in total. The Morgan fingerprint density at radius 3 is 2.44 bits per heavy atom. The summed E-state index contributed by atoms with van der Waals surface area (Å²) >= 11 is 3.28. The minimum atomic E-state index is -0.605. The summed E-state index contributed by atoms with van der Waals surface area (Å²) in [7, 11) is 0. The maximum absolute atomic E-state index is 12.6. The predicted molar refractivity (Wildman–Crippen MR) is 101 cm³/mol. The number of nitrogens with one attached hydrogen (secondary N) is 1. The number of carbonyl (C=O) groups excluding carboxylic acids is 2. The second-order valence-electron chi connectivity index (χ2n) is 6.02. The highest BCUT2D eigenvalue weighted by Gasteiger charge is 2.25. The average Bonchev–Trinajstić information content (AvgIpc) is 3.28. The Hall–Kier alpha value is -1.90. The van der Waals surface area contributed by atoms with E-state index in [2.05, 4.69) is 27.7 Å². The van der Waals surface area contributed by atoms with Crippen molar-refractivity contribution in [3.05, 3.63) is 44.8 Å². The molecule has 3 N–H and O–H groups in total. The molecule has 0 bridgehead atoms. The van der Waals surface area contributed by atoms with Crippen molar-refractivity contribution >= 4 is 34.6 Å². The number of urea groups is 1. The standard InChI is InChI=1S/C17H22N4O2S2/c18-17(23)19-14(15-4-2-10-25-15)11-16(22)21-7-5-20(6-8-21)12-13-3-1-9-24-13/h1-4,9-10,14H,5-8,11-12H2,(H3,18,19,23). The Kier molecular flexibility index (Phi) is 6.06. The number of hydrogen-bond acceptors (Lipinski definition) is 5. The van der Waals surface area contributed by atoms with Crippen LogP contribution in [0.3, 0.4) is 0 Å². The van der Waals surface area contributed by atoms with Crippen molar-refractivity contribution in [2.24, 2.45) is 5.73 Å². The molecular weight excluding hydrogens is 356 g/mol. The van der Waals surface area contributed by atoms with Crippen LogP contribution in [0.1, 0.15) is 22.2 Å². The zero-order valence-corrected chi connectivity index (χ0v) is 15.5. The third kappa shape index (κ3) is 5.04. The summed E-state index contributed by atoms with van der Waals surface area (Å²) in [6.07, 6.45) is 0.244. The van der Waals surface area contributed by atoms with Gasteiger partial charge in [-0.15, -0.1) is 22.7 Å². The second kappa shape index (κ2) is 8.46.